The fourth-order valence-corrected chi connectivity index (χ4v) is 3.18. The van der Waals surface area contributed by atoms with Crippen molar-refractivity contribution in [3.05, 3.63) is 65.7 Å². The minimum Gasteiger partial charge on any atom is -0.508 e. The van der Waals surface area contributed by atoms with Crippen molar-refractivity contribution < 1.29 is 5.11 Å². The molecule has 1 unspecified atom stereocenters. The highest BCUT2D eigenvalue weighted by Gasteiger charge is 2.49. The third-order valence-corrected chi connectivity index (χ3v) is 4.53. The molecule has 0 saturated heterocycles. The summed E-state index contributed by atoms with van der Waals surface area (Å²) in [5.41, 5.74) is 3.00. The SMILES string of the molecule is CNC(Cc1ccc(O)cc1)C1(c2ccccc2)CC1. The van der Waals surface area contributed by atoms with Crippen LogP contribution in [0.25, 0.3) is 0 Å². The Labute approximate surface area is 120 Å². The van der Waals surface area contributed by atoms with E-state index >= 15 is 0 Å². The number of rotatable bonds is 5. The molecule has 0 radical (unpaired) electrons. The predicted molar refractivity (Wildman–Crippen MR) is 82.0 cm³/mol. The molecular weight excluding hydrogens is 246 g/mol. The van der Waals surface area contributed by atoms with Gasteiger partial charge in [-0.3, -0.25) is 0 Å². The largest absolute Gasteiger partial charge is 0.508 e. The normalized spacial score (nSPS) is 17.6. The van der Waals surface area contributed by atoms with E-state index in [4.69, 9.17) is 0 Å². The van der Waals surface area contributed by atoms with Gasteiger partial charge in [0.2, 0.25) is 0 Å². The molecule has 3 rings (SSSR count). The highest BCUT2D eigenvalue weighted by atomic mass is 16.3. The summed E-state index contributed by atoms with van der Waals surface area (Å²) in [6, 6.07) is 18.8. The summed E-state index contributed by atoms with van der Waals surface area (Å²) in [5.74, 6) is 0.332. The minimum atomic E-state index is 0.286. The molecular formula is C18H21NO. The molecule has 1 aliphatic carbocycles. The highest BCUT2D eigenvalue weighted by Crippen LogP contribution is 2.51. The quantitative estimate of drug-likeness (QED) is 0.871. The van der Waals surface area contributed by atoms with Gasteiger partial charge in [0.25, 0.3) is 0 Å². The second-order valence-corrected chi connectivity index (χ2v) is 5.73. The van der Waals surface area contributed by atoms with Crippen molar-refractivity contribution in [3.8, 4) is 5.75 Å². The van der Waals surface area contributed by atoms with Gasteiger partial charge in [0, 0.05) is 11.5 Å². The summed E-state index contributed by atoms with van der Waals surface area (Å²) in [5, 5.41) is 12.9. The Morgan fingerprint density at radius 3 is 2.25 bits per heavy atom. The standard InChI is InChI=1S/C18H21NO/c1-19-17(13-14-7-9-16(20)10-8-14)18(11-12-18)15-5-3-2-4-6-15/h2-10,17,19-20H,11-13H2,1H3. The number of aromatic hydroxyl groups is 1. The van der Waals surface area contributed by atoms with Gasteiger partial charge in [-0.15, -0.1) is 0 Å². The molecule has 0 heterocycles. The maximum atomic E-state index is 9.38. The third-order valence-electron chi connectivity index (χ3n) is 4.53. The van der Waals surface area contributed by atoms with E-state index in [-0.39, 0.29) is 5.41 Å². The van der Waals surface area contributed by atoms with Crippen LogP contribution >= 0.6 is 0 Å². The minimum absolute atomic E-state index is 0.286. The van der Waals surface area contributed by atoms with Crippen LogP contribution in [0, 0.1) is 0 Å². The lowest BCUT2D eigenvalue weighted by atomic mass is 9.84. The van der Waals surface area contributed by atoms with E-state index < -0.39 is 0 Å². The number of phenolic OH excluding ortho intramolecular Hbond substituents is 1. The van der Waals surface area contributed by atoms with Crippen LogP contribution in [0.3, 0.4) is 0 Å². The van der Waals surface area contributed by atoms with Crippen LogP contribution in [0.4, 0.5) is 0 Å². The third kappa shape index (κ3) is 2.44. The van der Waals surface area contributed by atoms with Gasteiger partial charge >= 0.3 is 0 Å². The van der Waals surface area contributed by atoms with E-state index in [9.17, 15) is 5.11 Å². The molecule has 1 atom stereocenters. The summed E-state index contributed by atoms with van der Waals surface area (Å²) in [7, 11) is 2.05. The lowest BCUT2D eigenvalue weighted by Gasteiger charge is -2.27. The summed E-state index contributed by atoms with van der Waals surface area (Å²) in [4.78, 5) is 0. The Hall–Kier alpha value is -1.80. The van der Waals surface area contributed by atoms with Gasteiger partial charge in [0.15, 0.2) is 0 Å². The monoisotopic (exact) mass is 267 g/mol. The number of hydrogen-bond acceptors (Lipinski definition) is 2. The number of phenols is 1. The second-order valence-electron chi connectivity index (χ2n) is 5.73. The maximum absolute atomic E-state index is 9.38. The lowest BCUT2D eigenvalue weighted by molar-refractivity contribution is 0.441. The van der Waals surface area contributed by atoms with Crippen LogP contribution in [0.1, 0.15) is 24.0 Å². The average Bonchev–Trinajstić information content (AvgIpc) is 3.29. The summed E-state index contributed by atoms with van der Waals surface area (Å²) in [6.07, 6.45) is 3.49. The first-order valence-corrected chi connectivity index (χ1v) is 7.25. The van der Waals surface area contributed by atoms with Crippen LogP contribution < -0.4 is 5.32 Å². The highest BCUT2D eigenvalue weighted by molar-refractivity contribution is 5.35. The van der Waals surface area contributed by atoms with Gasteiger partial charge in [-0.2, -0.15) is 0 Å². The maximum Gasteiger partial charge on any atom is 0.115 e. The van der Waals surface area contributed by atoms with Gasteiger partial charge in [0.05, 0.1) is 0 Å². The summed E-state index contributed by atoms with van der Waals surface area (Å²) in [6.45, 7) is 0. The number of benzene rings is 2. The molecule has 104 valence electrons. The van der Waals surface area contributed by atoms with Gasteiger partial charge in [-0.05, 0) is 49.6 Å². The molecule has 2 aromatic carbocycles. The molecule has 1 saturated carbocycles. The lowest BCUT2D eigenvalue weighted by Crippen LogP contribution is -2.39. The first-order valence-electron chi connectivity index (χ1n) is 7.25. The molecule has 0 spiro atoms. The Balaban J connectivity index is 1.82. The second kappa shape index (κ2) is 5.29. The molecule has 2 aromatic rings. The topological polar surface area (TPSA) is 32.3 Å². The van der Waals surface area contributed by atoms with Crippen LogP contribution in [0.2, 0.25) is 0 Å². The zero-order chi connectivity index (χ0) is 14.0. The van der Waals surface area contributed by atoms with Crippen molar-refractivity contribution in [2.75, 3.05) is 7.05 Å². The van der Waals surface area contributed by atoms with Gasteiger partial charge in [-0.1, -0.05) is 42.5 Å². The zero-order valence-electron chi connectivity index (χ0n) is 11.8. The van der Waals surface area contributed by atoms with Crippen LogP contribution in [-0.4, -0.2) is 18.2 Å². The van der Waals surface area contributed by atoms with E-state index in [1.54, 1.807) is 12.1 Å². The number of hydrogen-bond donors (Lipinski definition) is 2. The Kier molecular flexibility index (Phi) is 3.49. The first-order chi connectivity index (χ1) is 9.74. The summed E-state index contributed by atoms with van der Waals surface area (Å²) < 4.78 is 0. The van der Waals surface area contributed by atoms with Crippen molar-refractivity contribution in [1.82, 2.24) is 5.32 Å². The molecule has 0 amide bonds. The molecule has 0 aliphatic heterocycles. The Morgan fingerprint density at radius 1 is 1.05 bits per heavy atom. The van der Waals surface area contributed by atoms with Crippen molar-refractivity contribution in [2.24, 2.45) is 0 Å². The number of nitrogens with one attached hydrogen (secondary N) is 1. The van der Waals surface area contributed by atoms with E-state index in [0.29, 0.717) is 11.8 Å². The van der Waals surface area contributed by atoms with Crippen molar-refractivity contribution in [2.45, 2.75) is 30.7 Å². The van der Waals surface area contributed by atoms with Crippen LogP contribution in [0.5, 0.6) is 5.75 Å². The molecule has 1 aliphatic rings. The van der Waals surface area contributed by atoms with E-state index in [0.717, 1.165) is 6.42 Å². The van der Waals surface area contributed by atoms with Gasteiger partial charge in [-0.25, -0.2) is 0 Å². The van der Waals surface area contributed by atoms with E-state index in [1.165, 1.54) is 24.0 Å². The van der Waals surface area contributed by atoms with Crippen LogP contribution in [0.15, 0.2) is 54.6 Å². The summed E-state index contributed by atoms with van der Waals surface area (Å²) >= 11 is 0. The van der Waals surface area contributed by atoms with Gasteiger partial charge < -0.3 is 10.4 Å². The predicted octanol–water partition coefficient (Wildman–Crippen LogP) is 3.25. The van der Waals surface area contributed by atoms with Crippen molar-refractivity contribution in [1.29, 1.82) is 0 Å². The molecule has 2 nitrogen and oxygen atoms in total. The average molecular weight is 267 g/mol. The molecule has 1 fully saturated rings. The number of likely N-dealkylation sites (N-methyl/N-ethyl adjacent to an activating group) is 1. The Bertz CT molecular complexity index is 558. The first kappa shape index (κ1) is 13.2. The van der Waals surface area contributed by atoms with E-state index in [1.807, 2.05) is 19.2 Å². The van der Waals surface area contributed by atoms with Gasteiger partial charge in [0.1, 0.15) is 5.75 Å². The van der Waals surface area contributed by atoms with Crippen molar-refractivity contribution >= 4 is 0 Å². The van der Waals surface area contributed by atoms with Crippen molar-refractivity contribution in [3.63, 3.8) is 0 Å². The molecule has 0 bridgehead atoms. The molecule has 0 aromatic heterocycles. The fraction of sp³-hybridized carbons (Fsp3) is 0.333. The smallest absolute Gasteiger partial charge is 0.115 e. The fourth-order valence-electron chi connectivity index (χ4n) is 3.18. The van der Waals surface area contributed by atoms with E-state index in [2.05, 4.69) is 35.6 Å². The Morgan fingerprint density at radius 2 is 1.70 bits per heavy atom. The molecule has 2 N–H and O–H groups in total. The zero-order valence-corrected chi connectivity index (χ0v) is 11.8. The molecule has 20 heavy (non-hydrogen) atoms. The molecule has 2 heteroatoms. The van der Waals surface area contributed by atoms with Crippen LogP contribution in [-0.2, 0) is 11.8 Å².